The fourth-order valence-electron chi connectivity index (χ4n) is 1.89. The third-order valence-electron chi connectivity index (χ3n) is 2.67. The van der Waals surface area contributed by atoms with Gasteiger partial charge in [-0.05, 0) is 18.3 Å². The van der Waals surface area contributed by atoms with Crippen molar-refractivity contribution in [2.45, 2.75) is 32.2 Å². The predicted molar refractivity (Wildman–Crippen MR) is 42.1 cm³/mol. The van der Waals surface area contributed by atoms with Gasteiger partial charge in [0, 0.05) is 0 Å². The molecule has 0 amide bonds. The van der Waals surface area contributed by atoms with Crippen LogP contribution in [0.2, 0.25) is 0 Å². The smallest absolute Gasteiger partial charge is 0.320 e. The second-order valence-electron chi connectivity index (χ2n) is 3.44. The molecule has 64 valence electrons. The van der Waals surface area contributed by atoms with Crippen molar-refractivity contribution in [1.29, 1.82) is 0 Å². The first kappa shape index (κ1) is 8.53. The summed E-state index contributed by atoms with van der Waals surface area (Å²) >= 11 is 0. The summed E-state index contributed by atoms with van der Waals surface area (Å²) in [5.74, 6) is -0.169. The summed E-state index contributed by atoms with van der Waals surface area (Å²) in [5.41, 5.74) is 5.51. The predicted octanol–water partition coefficient (Wildman–Crippen LogP) is 0.834. The van der Waals surface area contributed by atoms with Gasteiger partial charge in [-0.25, -0.2) is 0 Å². The molecule has 1 fully saturated rings. The monoisotopic (exact) mass is 157 g/mol. The van der Waals surface area contributed by atoms with Crippen molar-refractivity contribution in [2.24, 2.45) is 17.6 Å². The van der Waals surface area contributed by atoms with Gasteiger partial charge in [0.25, 0.3) is 0 Å². The summed E-state index contributed by atoms with van der Waals surface area (Å²) < 4.78 is 0. The van der Waals surface area contributed by atoms with E-state index in [1.807, 2.05) is 0 Å². The number of carboxylic acids is 1. The third-order valence-corrected chi connectivity index (χ3v) is 2.67. The van der Waals surface area contributed by atoms with E-state index in [4.69, 9.17) is 10.8 Å². The number of carboxylic acid groups (broad SMARTS) is 1. The summed E-state index contributed by atoms with van der Waals surface area (Å²) in [6, 6.07) is -0.646. The highest BCUT2D eigenvalue weighted by molar-refractivity contribution is 5.73. The van der Waals surface area contributed by atoms with E-state index in [2.05, 4.69) is 6.92 Å². The summed E-state index contributed by atoms with van der Waals surface area (Å²) in [6.07, 6.45) is 3.24. The maximum absolute atomic E-state index is 10.5. The van der Waals surface area contributed by atoms with Crippen LogP contribution in [0.1, 0.15) is 26.2 Å². The molecule has 3 N–H and O–H groups in total. The Hall–Kier alpha value is -0.570. The van der Waals surface area contributed by atoms with E-state index in [0.717, 1.165) is 19.3 Å². The number of hydrogen-bond acceptors (Lipinski definition) is 2. The molecule has 0 heterocycles. The Bertz CT molecular complexity index is 158. The lowest BCUT2D eigenvalue weighted by molar-refractivity contribution is -0.140. The zero-order valence-electron chi connectivity index (χ0n) is 6.79. The first-order chi connectivity index (χ1) is 5.13. The van der Waals surface area contributed by atoms with E-state index in [1.165, 1.54) is 0 Å². The molecule has 1 aliphatic rings. The van der Waals surface area contributed by atoms with Crippen molar-refractivity contribution >= 4 is 5.97 Å². The van der Waals surface area contributed by atoms with Crippen LogP contribution in [0.3, 0.4) is 0 Å². The first-order valence-electron chi connectivity index (χ1n) is 4.11. The number of rotatable bonds is 2. The average molecular weight is 157 g/mol. The maximum atomic E-state index is 10.5. The van der Waals surface area contributed by atoms with Gasteiger partial charge in [0.05, 0.1) is 0 Å². The van der Waals surface area contributed by atoms with E-state index < -0.39 is 12.0 Å². The van der Waals surface area contributed by atoms with Crippen molar-refractivity contribution in [3.63, 3.8) is 0 Å². The topological polar surface area (TPSA) is 63.3 Å². The molecule has 0 unspecified atom stereocenters. The van der Waals surface area contributed by atoms with Crippen LogP contribution in [-0.4, -0.2) is 17.1 Å². The van der Waals surface area contributed by atoms with Crippen molar-refractivity contribution in [1.82, 2.24) is 0 Å². The minimum absolute atomic E-state index is 0.201. The number of carbonyl (C=O) groups is 1. The lowest BCUT2D eigenvalue weighted by atomic mass is 9.91. The normalized spacial score (nSPS) is 33.6. The molecule has 0 radical (unpaired) electrons. The molecular formula is C8H15NO2. The number of hydrogen-bond donors (Lipinski definition) is 2. The number of aliphatic carboxylic acids is 1. The van der Waals surface area contributed by atoms with Crippen LogP contribution in [-0.2, 0) is 4.79 Å². The van der Waals surface area contributed by atoms with Crippen LogP contribution in [0, 0.1) is 11.8 Å². The molecule has 3 atom stereocenters. The van der Waals surface area contributed by atoms with Crippen molar-refractivity contribution in [2.75, 3.05) is 0 Å². The average Bonchev–Trinajstić information content (AvgIpc) is 2.33. The zero-order chi connectivity index (χ0) is 8.43. The molecule has 0 aromatic heterocycles. The quantitative estimate of drug-likeness (QED) is 0.624. The Morgan fingerprint density at radius 3 is 2.64 bits per heavy atom. The van der Waals surface area contributed by atoms with Crippen LogP contribution in [0.5, 0.6) is 0 Å². The first-order valence-corrected chi connectivity index (χ1v) is 4.11. The van der Waals surface area contributed by atoms with E-state index >= 15 is 0 Å². The minimum atomic E-state index is -0.858. The van der Waals surface area contributed by atoms with Crippen LogP contribution in [0.15, 0.2) is 0 Å². The lowest BCUT2D eigenvalue weighted by Gasteiger charge is -2.18. The highest BCUT2D eigenvalue weighted by Gasteiger charge is 2.32. The highest BCUT2D eigenvalue weighted by atomic mass is 16.4. The molecule has 0 aliphatic heterocycles. The van der Waals surface area contributed by atoms with Gasteiger partial charge < -0.3 is 10.8 Å². The second-order valence-corrected chi connectivity index (χ2v) is 3.44. The fourth-order valence-corrected chi connectivity index (χ4v) is 1.89. The van der Waals surface area contributed by atoms with E-state index in [0.29, 0.717) is 5.92 Å². The number of nitrogens with two attached hydrogens (primary N) is 1. The summed E-state index contributed by atoms with van der Waals surface area (Å²) in [4.78, 5) is 10.5. The van der Waals surface area contributed by atoms with Crippen molar-refractivity contribution < 1.29 is 9.90 Å². The van der Waals surface area contributed by atoms with E-state index in [-0.39, 0.29) is 5.92 Å². The third kappa shape index (κ3) is 1.71. The molecular weight excluding hydrogens is 142 g/mol. The van der Waals surface area contributed by atoms with Gasteiger partial charge in [-0.1, -0.05) is 19.8 Å². The minimum Gasteiger partial charge on any atom is -0.480 e. The van der Waals surface area contributed by atoms with Crippen LogP contribution >= 0.6 is 0 Å². The van der Waals surface area contributed by atoms with Crippen LogP contribution < -0.4 is 5.73 Å². The largest absolute Gasteiger partial charge is 0.480 e. The molecule has 3 heteroatoms. The molecule has 1 aliphatic carbocycles. The molecule has 3 nitrogen and oxygen atoms in total. The molecule has 0 bridgehead atoms. The Kier molecular flexibility index (Phi) is 2.49. The molecule has 0 spiro atoms. The van der Waals surface area contributed by atoms with Gasteiger partial charge in [-0.3, -0.25) is 4.79 Å². The summed E-state index contributed by atoms with van der Waals surface area (Å²) in [5, 5.41) is 8.64. The van der Waals surface area contributed by atoms with Gasteiger partial charge in [0.1, 0.15) is 6.04 Å². The van der Waals surface area contributed by atoms with Gasteiger partial charge in [-0.15, -0.1) is 0 Å². The molecule has 1 saturated carbocycles. The van der Waals surface area contributed by atoms with E-state index in [1.54, 1.807) is 0 Å². The SMILES string of the molecule is C[C@@H]1CCC[C@H]1[C@H](N)C(=O)O. The van der Waals surface area contributed by atoms with E-state index in [9.17, 15) is 4.79 Å². The summed E-state index contributed by atoms with van der Waals surface area (Å²) in [6.45, 7) is 2.08. The lowest BCUT2D eigenvalue weighted by Crippen LogP contribution is -2.39. The van der Waals surface area contributed by atoms with Gasteiger partial charge in [-0.2, -0.15) is 0 Å². The Morgan fingerprint density at radius 2 is 2.27 bits per heavy atom. The van der Waals surface area contributed by atoms with Gasteiger partial charge >= 0.3 is 5.97 Å². The maximum Gasteiger partial charge on any atom is 0.320 e. The van der Waals surface area contributed by atoms with Crippen molar-refractivity contribution in [3.8, 4) is 0 Å². The molecule has 0 saturated heterocycles. The fraction of sp³-hybridized carbons (Fsp3) is 0.875. The Labute approximate surface area is 66.6 Å². The Morgan fingerprint density at radius 1 is 1.64 bits per heavy atom. The van der Waals surface area contributed by atoms with Gasteiger partial charge in [0.15, 0.2) is 0 Å². The Balaban J connectivity index is 2.52. The highest BCUT2D eigenvalue weighted by Crippen LogP contribution is 2.32. The summed E-state index contributed by atoms with van der Waals surface area (Å²) in [7, 11) is 0. The standard InChI is InChI=1S/C8H15NO2/c1-5-3-2-4-6(5)7(9)8(10)11/h5-7H,2-4,9H2,1H3,(H,10,11)/t5-,6-,7+/m1/s1. The molecule has 11 heavy (non-hydrogen) atoms. The molecule has 1 rings (SSSR count). The van der Waals surface area contributed by atoms with Crippen LogP contribution in [0.25, 0.3) is 0 Å². The molecule has 0 aromatic carbocycles. The molecule has 0 aromatic rings. The van der Waals surface area contributed by atoms with Crippen molar-refractivity contribution in [3.05, 3.63) is 0 Å². The van der Waals surface area contributed by atoms with Crippen LogP contribution in [0.4, 0.5) is 0 Å². The zero-order valence-corrected chi connectivity index (χ0v) is 6.79. The van der Waals surface area contributed by atoms with Gasteiger partial charge in [0.2, 0.25) is 0 Å². The second kappa shape index (κ2) is 3.22.